The van der Waals surface area contributed by atoms with Crippen molar-refractivity contribution in [2.24, 2.45) is 0 Å². The second kappa shape index (κ2) is 16.9. The summed E-state index contributed by atoms with van der Waals surface area (Å²) in [5.74, 6) is 0. The number of nitrogens with zero attached hydrogens (tertiary/aromatic N) is 2. The summed E-state index contributed by atoms with van der Waals surface area (Å²) in [7, 11) is 0. The van der Waals surface area contributed by atoms with E-state index in [1.807, 2.05) is 18.5 Å². The molecule has 31 heavy (non-hydrogen) atoms. The molecule has 0 atom stereocenters. The summed E-state index contributed by atoms with van der Waals surface area (Å²) < 4.78 is 0. The van der Waals surface area contributed by atoms with Crippen LogP contribution in [-0.4, -0.2) is 9.97 Å². The van der Waals surface area contributed by atoms with Gasteiger partial charge in [0.05, 0.1) is 11.4 Å². The highest BCUT2D eigenvalue weighted by Gasteiger charge is 2.03. The van der Waals surface area contributed by atoms with E-state index < -0.39 is 0 Å². The van der Waals surface area contributed by atoms with Crippen LogP contribution in [0.4, 0.5) is 0 Å². The first-order chi connectivity index (χ1) is 15.3. The molecule has 0 N–H and O–H groups in total. The number of unbranched alkanes of at least 4 members (excludes halogenated alkanes) is 15. The van der Waals surface area contributed by atoms with Gasteiger partial charge in [-0.1, -0.05) is 103 Å². The van der Waals surface area contributed by atoms with Crippen molar-refractivity contribution in [3.05, 3.63) is 47.8 Å². The fourth-order valence-electron chi connectivity index (χ4n) is 4.32. The van der Waals surface area contributed by atoms with Gasteiger partial charge in [0.2, 0.25) is 0 Å². The first-order valence-electron chi connectivity index (χ1n) is 13.2. The third kappa shape index (κ3) is 12.1. The molecule has 0 aliphatic carbocycles. The molecule has 0 amide bonds. The molecular weight excluding hydrogens is 376 g/mol. The van der Waals surface area contributed by atoms with E-state index in [9.17, 15) is 0 Å². The van der Waals surface area contributed by atoms with Gasteiger partial charge in [0.25, 0.3) is 0 Å². The molecule has 2 rings (SSSR count). The number of hydrogen-bond acceptors (Lipinski definition) is 2. The van der Waals surface area contributed by atoms with Gasteiger partial charge < -0.3 is 0 Å². The van der Waals surface area contributed by atoms with Crippen LogP contribution in [-0.2, 0) is 6.42 Å². The van der Waals surface area contributed by atoms with Crippen LogP contribution >= 0.6 is 0 Å². The van der Waals surface area contributed by atoms with Crippen molar-refractivity contribution in [1.29, 1.82) is 0 Å². The SMILES string of the molecule is CCCCCCCCCCCCCCCCCCc1ccnc(-c2cc(C)ccn2)c1. The van der Waals surface area contributed by atoms with Crippen molar-refractivity contribution >= 4 is 0 Å². The summed E-state index contributed by atoms with van der Waals surface area (Å²) in [6, 6.07) is 8.52. The summed E-state index contributed by atoms with van der Waals surface area (Å²) in [6.45, 7) is 4.40. The van der Waals surface area contributed by atoms with E-state index in [4.69, 9.17) is 0 Å². The predicted molar refractivity (Wildman–Crippen MR) is 135 cm³/mol. The molecule has 2 heteroatoms. The predicted octanol–water partition coefficient (Wildman–Crippen LogP) is 9.26. The molecule has 2 nitrogen and oxygen atoms in total. The first kappa shape index (κ1) is 25.6. The lowest BCUT2D eigenvalue weighted by Crippen LogP contribution is -1.92. The van der Waals surface area contributed by atoms with Crippen LogP contribution < -0.4 is 0 Å². The number of hydrogen-bond donors (Lipinski definition) is 0. The standard InChI is InChI=1S/C29H46N2/c1-3-4-5-6-7-8-9-10-11-12-13-14-15-16-17-18-19-27-21-23-31-29(25-27)28-24-26(2)20-22-30-28/h20-25H,3-19H2,1-2H3. The number of aryl methyl sites for hydroxylation is 2. The third-order valence-electron chi connectivity index (χ3n) is 6.32. The fourth-order valence-corrected chi connectivity index (χ4v) is 4.32. The molecule has 0 radical (unpaired) electrons. The second-order valence-electron chi connectivity index (χ2n) is 9.32. The van der Waals surface area contributed by atoms with Gasteiger partial charge in [0, 0.05) is 12.4 Å². The topological polar surface area (TPSA) is 25.8 Å². The Kier molecular flexibility index (Phi) is 14.0. The number of pyridine rings is 2. The first-order valence-corrected chi connectivity index (χ1v) is 13.2. The summed E-state index contributed by atoms with van der Waals surface area (Å²) in [4.78, 5) is 8.98. The monoisotopic (exact) mass is 422 g/mol. The van der Waals surface area contributed by atoms with Gasteiger partial charge >= 0.3 is 0 Å². The van der Waals surface area contributed by atoms with Crippen LogP contribution in [0, 0.1) is 6.92 Å². The van der Waals surface area contributed by atoms with Gasteiger partial charge in [0.1, 0.15) is 0 Å². The molecule has 2 aromatic rings. The third-order valence-corrected chi connectivity index (χ3v) is 6.32. The van der Waals surface area contributed by atoms with Crippen molar-refractivity contribution in [2.75, 3.05) is 0 Å². The average molecular weight is 423 g/mol. The van der Waals surface area contributed by atoms with Gasteiger partial charge in [-0.15, -0.1) is 0 Å². The van der Waals surface area contributed by atoms with Crippen molar-refractivity contribution in [1.82, 2.24) is 9.97 Å². The summed E-state index contributed by atoms with van der Waals surface area (Å²) >= 11 is 0. The van der Waals surface area contributed by atoms with Crippen molar-refractivity contribution in [3.8, 4) is 11.4 Å². The van der Waals surface area contributed by atoms with E-state index in [-0.39, 0.29) is 0 Å². The van der Waals surface area contributed by atoms with Crippen LogP contribution in [0.5, 0.6) is 0 Å². The van der Waals surface area contributed by atoms with E-state index in [2.05, 4.69) is 42.0 Å². The van der Waals surface area contributed by atoms with Crippen molar-refractivity contribution in [3.63, 3.8) is 0 Å². The Hall–Kier alpha value is -1.70. The van der Waals surface area contributed by atoms with Crippen molar-refractivity contribution < 1.29 is 0 Å². The maximum Gasteiger partial charge on any atom is 0.0888 e. The molecule has 0 spiro atoms. The van der Waals surface area contributed by atoms with Gasteiger partial charge in [-0.2, -0.15) is 0 Å². The lowest BCUT2D eigenvalue weighted by atomic mass is 10.0. The summed E-state index contributed by atoms with van der Waals surface area (Å²) in [5, 5.41) is 0. The molecule has 172 valence electrons. The highest BCUT2D eigenvalue weighted by atomic mass is 14.8. The Balaban J connectivity index is 1.43. The van der Waals surface area contributed by atoms with Crippen molar-refractivity contribution in [2.45, 2.75) is 123 Å². The van der Waals surface area contributed by atoms with E-state index >= 15 is 0 Å². The van der Waals surface area contributed by atoms with E-state index in [0.29, 0.717) is 0 Å². The quantitative estimate of drug-likeness (QED) is 0.224. The highest BCUT2D eigenvalue weighted by molar-refractivity contribution is 5.55. The second-order valence-corrected chi connectivity index (χ2v) is 9.32. The van der Waals surface area contributed by atoms with Crippen LogP contribution in [0.2, 0.25) is 0 Å². The fraction of sp³-hybridized carbons (Fsp3) is 0.655. The summed E-state index contributed by atoms with van der Waals surface area (Å²) in [5.41, 5.74) is 4.60. The lowest BCUT2D eigenvalue weighted by Gasteiger charge is -2.06. The molecule has 0 aromatic carbocycles. The highest BCUT2D eigenvalue weighted by Crippen LogP contribution is 2.18. The lowest BCUT2D eigenvalue weighted by molar-refractivity contribution is 0.529. The number of aromatic nitrogens is 2. The molecule has 2 heterocycles. The smallest absolute Gasteiger partial charge is 0.0888 e. The van der Waals surface area contributed by atoms with Gasteiger partial charge in [-0.3, -0.25) is 9.97 Å². The van der Waals surface area contributed by atoms with Gasteiger partial charge in [0.15, 0.2) is 0 Å². The minimum atomic E-state index is 0.980. The number of rotatable bonds is 18. The molecular formula is C29H46N2. The molecule has 0 saturated heterocycles. The Labute approximate surface area is 192 Å². The molecule has 2 aromatic heterocycles. The zero-order valence-corrected chi connectivity index (χ0v) is 20.4. The van der Waals surface area contributed by atoms with E-state index in [1.54, 1.807) is 0 Å². The molecule has 0 saturated carbocycles. The largest absolute Gasteiger partial charge is 0.255 e. The minimum absolute atomic E-state index is 0.980. The molecule has 0 aliphatic heterocycles. The Morgan fingerprint density at radius 2 is 1.00 bits per heavy atom. The van der Waals surface area contributed by atoms with Gasteiger partial charge in [-0.05, 0) is 55.2 Å². The minimum Gasteiger partial charge on any atom is -0.255 e. The molecule has 0 bridgehead atoms. The van der Waals surface area contributed by atoms with Crippen LogP contribution in [0.15, 0.2) is 36.7 Å². The zero-order chi connectivity index (χ0) is 22.0. The van der Waals surface area contributed by atoms with E-state index in [0.717, 1.165) is 17.8 Å². The normalized spacial score (nSPS) is 11.2. The Bertz CT molecular complexity index is 695. The van der Waals surface area contributed by atoms with Crippen LogP contribution in [0.1, 0.15) is 121 Å². The summed E-state index contributed by atoms with van der Waals surface area (Å²) in [6.07, 6.45) is 27.7. The van der Waals surface area contributed by atoms with Crippen LogP contribution in [0.3, 0.4) is 0 Å². The van der Waals surface area contributed by atoms with E-state index in [1.165, 1.54) is 114 Å². The maximum absolute atomic E-state index is 4.51. The van der Waals surface area contributed by atoms with Crippen LogP contribution in [0.25, 0.3) is 11.4 Å². The van der Waals surface area contributed by atoms with Gasteiger partial charge in [-0.25, -0.2) is 0 Å². The zero-order valence-electron chi connectivity index (χ0n) is 20.4. The Morgan fingerprint density at radius 3 is 1.52 bits per heavy atom. The Morgan fingerprint density at radius 1 is 0.548 bits per heavy atom. The maximum atomic E-state index is 4.51. The molecule has 0 fully saturated rings. The molecule has 0 aliphatic rings. The average Bonchev–Trinajstić information content (AvgIpc) is 2.79. The molecule has 0 unspecified atom stereocenters.